The van der Waals surface area contributed by atoms with Crippen molar-refractivity contribution in [2.24, 2.45) is 0 Å². The summed E-state index contributed by atoms with van der Waals surface area (Å²) in [5.41, 5.74) is -0.597. The van der Waals surface area contributed by atoms with E-state index in [1.165, 1.54) is 0 Å². The largest absolute Gasteiger partial charge is 0.390 e. The molecule has 0 spiro atoms. The zero-order chi connectivity index (χ0) is 9.61. The Bertz CT molecular complexity index is 152. The number of hydrogen-bond acceptors (Lipinski definition) is 2. The highest BCUT2D eigenvalue weighted by Crippen LogP contribution is 2.05. The molecule has 0 heterocycles. The summed E-state index contributed by atoms with van der Waals surface area (Å²) in [6.07, 6.45) is 6.92. The molecule has 1 atom stereocenters. The lowest BCUT2D eigenvalue weighted by Crippen LogP contribution is -2.32. The minimum atomic E-state index is -0.597. The summed E-state index contributed by atoms with van der Waals surface area (Å²) in [5, 5.41) is 12.6. The van der Waals surface area contributed by atoms with Gasteiger partial charge in [-0.2, -0.15) is 0 Å². The zero-order valence-electron chi connectivity index (χ0n) is 8.22. The van der Waals surface area contributed by atoms with Crippen LogP contribution in [0.15, 0.2) is 0 Å². The second-order valence-electron chi connectivity index (χ2n) is 3.64. The molecule has 0 aromatic carbocycles. The van der Waals surface area contributed by atoms with Gasteiger partial charge in [-0.15, -0.1) is 6.42 Å². The van der Waals surface area contributed by atoms with E-state index in [1.807, 2.05) is 6.92 Å². The number of nitrogens with one attached hydrogen (secondary N) is 1. The second kappa shape index (κ2) is 5.18. The molecule has 0 saturated carbocycles. The number of aliphatic hydroxyl groups is 1. The first-order valence-electron chi connectivity index (χ1n) is 4.41. The normalized spacial score (nSPS) is 13.9. The molecule has 0 aromatic heterocycles. The topological polar surface area (TPSA) is 32.3 Å². The van der Waals surface area contributed by atoms with E-state index in [9.17, 15) is 5.11 Å². The smallest absolute Gasteiger partial charge is 0.0684 e. The zero-order valence-corrected chi connectivity index (χ0v) is 8.22. The Morgan fingerprint density at radius 2 is 2.17 bits per heavy atom. The molecule has 0 aliphatic heterocycles. The first-order valence-corrected chi connectivity index (χ1v) is 4.41. The maximum atomic E-state index is 9.38. The number of hydrogen-bond donors (Lipinski definition) is 2. The molecule has 0 rings (SSSR count). The fraction of sp³-hybridized carbons (Fsp3) is 0.800. The maximum absolute atomic E-state index is 9.38. The Morgan fingerprint density at radius 1 is 1.58 bits per heavy atom. The lowest BCUT2D eigenvalue weighted by atomic mass is 10.1. The lowest BCUT2D eigenvalue weighted by Gasteiger charge is -2.18. The molecule has 0 saturated heterocycles. The highest BCUT2D eigenvalue weighted by atomic mass is 16.3. The summed E-state index contributed by atoms with van der Waals surface area (Å²) in [6.45, 7) is 6.41. The molecular formula is C10H19NO. The highest BCUT2D eigenvalue weighted by molar-refractivity contribution is 4.97. The van der Waals surface area contributed by atoms with Crippen molar-refractivity contribution in [1.29, 1.82) is 0 Å². The molecule has 0 aliphatic rings. The number of rotatable bonds is 5. The van der Waals surface area contributed by atoms with Crippen LogP contribution in [0.2, 0.25) is 0 Å². The predicted octanol–water partition coefficient (Wildman–Crippen LogP) is 1.15. The predicted molar refractivity (Wildman–Crippen MR) is 51.8 cm³/mol. The van der Waals surface area contributed by atoms with Crippen molar-refractivity contribution in [3.63, 3.8) is 0 Å². The van der Waals surface area contributed by atoms with Crippen LogP contribution in [-0.4, -0.2) is 23.3 Å². The molecule has 1 unspecified atom stereocenters. The molecule has 2 N–H and O–H groups in total. The molecule has 0 radical (unpaired) electrons. The summed E-state index contributed by atoms with van der Waals surface area (Å²) < 4.78 is 0. The maximum Gasteiger partial charge on any atom is 0.0684 e. The summed E-state index contributed by atoms with van der Waals surface area (Å²) in [5.74, 6) is 2.65. The van der Waals surface area contributed by atoms with Gasteiger partial charge in [0.25, 0.3) is 0 Å². The number of terminal acetylenes is 1. The van der Waals surface area contributed by atoms with E-state index in [0.717, 1.165) is 19.4 Å². The van der Waals surface area contributed by atoms with Crippen LogP contribution in [0.1, 0.15) is 33.6 Å². The average Bonchev–Trinajstić information content (AvgIpc) is 1.96. The first-order chi connectivity index (χ1) is 5.49. The van der Waals surface area contributed by atoms with Gasteiger partial charge in [-0.25, -0.2) is 0 Å². The van der Waals surface area contributed by atoms with Crippen molar-refractivity contribution in [1.82, 2.24) is 5.32 Å². The molecule has 2 nitrogen and oxygen atoms in total. The molecule has 0 amide bonds. The van der Waals surface area contributed by atoms with E-state index in [-0.39, 0.29) is 6.04 Å². The standard InChI is InChI=1S/C10H19NO/c1-5-9(6-2)11-8-7-10(3,4)12/h1,9,11-12H,6-8H2,2-4H3. The van der Waals surface area contributed by atoms with Gasteiger partial charge in [-0.1, -0.05) is 12.8 Å². The van der Waals surface area contributed by atoms with E-state index >= 15 is 0 Å². The van der Waals surface area contributed by atoms with E-state index in [4.69, 9.17) is 6.42 Å². The van der Waals surface area contributed by atoms with Crippen LogP contribution in [0.25, 0.3) is 0 Å². The molecule has 0 aromatic rings. The van der Waals surface area contributed by atoms with Crippen LogP contribution in [0.4, 0.5) is 0 Å². The average molecular weight is 169 g/mol. The fourth-order valence-electron chi connectivity index (χ4n) is 0.873. The van der Waals surface area contributed by atoms with E-state index < -0.39 is 5.60 Å². The van der Waals surface area contributed by atoms with Crippen molar-refractivity contribution in [3.8, 4) is 12.3 Å². The van der Waals surface area contributed by atoms with Gasteiger partial charge in [0.05, 0.1) is 11.6 Å². The van der Waals surface area contributed by atoms with Gasteiger partial charge in [-0.05, 0) is 33.2 Å². The SMILES string of the molecule is C#CC(CC)NCCC(C)(C)O. The molecular weight excluding hydrogens is 150 g/mol. The summed E-state index contributed by atoms with van der Waals surface area (Å²) in [7, 11) is 0. The van der Waals surface area contributed by atoms with Gasteiger partial charge in [0, 0.05) is 0 Å². The van der Waals surface area contributed by atoms with Gasteiger partial charge < -0.3 is 10.4 Å². The second-order valence-corrected chi connectivity index (χ2v) is 3.64. The monoisotopic (exact) mass is 169 g/mol. The minimum absolute atomic E-state index is 0.146. The lowest BCUT2D eigenvalue weighted by molar-refractivity contribution is 0.0708. The molecule has 70 valence electrons. The van der Waals surface area contributed by atoms with Crippen LogP contribution in [0.5, 0.6) is 0 Å². The molecule has 12 heavy (non-hydrogen) atoms. The van der Waals surface area contributed by atoms with E-state index in [0.29, 0.717) is 0 Å². The van der Waals surface area contributed by atoms with Crippen molar-refractivity contribution >= 4 is 0 Å². The van der Waals surface area contributed by atoms with Gasteiger partial charge >= 0.3 is 0 Å². The molecule has 0 fully saturated rings. The molecule has 0 bridgehead atoms. The summed E-state index contributed by atoms with van der Waals surface area (Å²) in [4.78, 5) is 0. The van der Waals surface area contributed by atoms with Crippen molar-refractivity contribution < 1.29 is 5.11 Å². The van der Waals surface area contributed by atoms with Crippen LogP contribution in [-0.2, 0) is 0 Å². The molecule has 0 aliphatic carbocycles. The Morgan fingerprint density at radius 3 is 2.50 bits per heavy atom. The van der Waals surface area contributed by atoms with Gasteiger partial charge in [0.15, 0.2) is 0 Å². The van der Waals surface area contributed by atoms with Crippen molar-refractivity contribution in [2.75, 3.05) is 6.54 Å². The Kier molecular flexibility index (Phi) is 4.96. The van der Waals surface area contributed by atoms with Crippen LogP contribution in [0.3, 0.4) is 0 Å². The summed E-state index contributed by atoms with van der Waals surface area (Å²) in [6, 6.07) is 0.146. The van der Waals surface area contributed by atoms with Crippen molar-refractivity contribution in [3.05, 3.63) is 0 Å². The van der Waals surface area contributed by atoms with Crippen LogP contribution >= 0.6 is 0 Å². The summed E-state index contributed by atoms with van der Waals surface area (Å²) >= 11 is 0. The third-order valence-corrected chi connectivity index (χ3v) is 1.74. The fourth-order valence-corrected chi connectivity index (χ4v) is 0.873. The van der Waals surface area contributed by atoms with Gasteiger partial charge in [-0.3, -0.25) is 0 Å². The van der Waals surface area contributed by atoms with E-state index in [1.54, 1.807) is 13.8 Å². The van der Waals surface area contributed by atoms with Gasteiger partial charge in [0.2, 0.25) is 0 Å². The quantitative estimate of drug-likeness (QED) is 0.605. The van der Waals surface area contributed by atoms with Crippen LogP contribution < -0.4 is 5.32 Å². The highest BCUT2D eigenvalue weighted by Gasteiger charge is 2.11. The Balaban J connectivity index is 3.50. The Labute approximate surface area is 75.4 Å². The third kappa shape index (κ3) is 6.21. The van der Waals surface area contributed by atoms with Gasteiger partial charge in [0.1, 0.15) is 0 Å². The molecule has 2 heteroatoms. The third-order valence-electron chi connectivity index (χ3n) is 1.74. The van der Waals surface area contributed by atoms with Crippen molar-refractivity contribution in [2.45, 2.75) is 45.3 Å². The Hall–Kier alpha value is -0.520. The first kappa shape index (κ1) is 11.5. The minimum Gasteiger partial charge on any atom is -0.390 e. The van der Waals surface area contributed by atoms with Crippen LogP contribution in [0, 0.1) is 12.3 Å². The van der Waals surface area contributed by atoms with E-state index in [2.05, 4.69) is 11.2 Å².